The fourth-order valence-electron chi connectivity index (χ4n) is 0.136. The van der Waals surface area contributed by atoms with Crippen LogP contribution in [0, 0.1) is 0 Å². The summed E-state index contributed by atoms with van der Waals surface area (Å²) in [5.41, 5.74) is 0. The van der Waals surface area contributed by atoms with Gasteiger partial charge in [-0.1, -0.05) is 6.92 Å². The van der Waals surface area contributed by atoms with E-state index in [0.29, 0.717) is 12.2 Å². The average Bonchev–Trinajstić information content (AvgIpc) is 1.85. The van der Waals surface area contributed by atoms with Crippen LogP contribution in [0.3, 0.4) is 0 Å². The third kappa shape index (κ3) is 76.9. The fraction of sp³-hybridized carbons (Fsp3) is 0.333. The van der Waals surface area contributed by atoms with E-state index < -0.39 is 11.9 Å². The Morgan fingerprint density at radius 1 is 1.00 bits per heavy atom. The largest absolute Gasteiger partial charge is 0.855 e. The van der Waals surface area contributed by atoms with Crippen LogP contribution in [0.1, 0.15) is 6.92 Å². The summed E-state index contributed by atoms with van der Waals surface area (Å²) in [5, 5.41) is 27.8. The van der Waals surface area contributed by atoms with Gasteiger partial charge in [-0.2, -0.15) is 0 Å². The standard InChI is InChI=1S/C4H4O4.C2H5O.3H3N/c5-3(6)1-2-4(7)8;1-2-3;;;/h1-2H,(H,5,6)(H,7,8);2H2,1H3;3*1H3/q;-1;;;/p+1/b2-1+;;;;. The number of carbonyl (C=O) groups is 2. The third-order valence-corrected chi connectivity index (χ3v) is 0.355. The first-order chi connectivity index (χ1) is 5.04. The SMILES string of the molecule is CC[O-].O=C([O-])/C=C/C(=O)[O-].[NH4+].[NH4+].[NH4+]. The normalized spacial score (nSPS) is 6.71. The summed E-state index contributed by atoms with van der Waals surface area (Å²) in [5.74, 6) is -3.09. The summed E-state index contributed by atoms with van der Waals surface area (Å²) in [6.07, 6.45) is 0.769. The summed E-state index contributed by atoms with van der Waals surface area (Å²) in [7, 11) is 0. The van der Waals surface area contributed by atoms with Crippen molar-refractivity contribution in [3.63, 3.8) is 0 Å². The number of carboxylic acid groups (broad SMARTS) is 2. The molecule has 0 atom stereocenters. The Balaban J connectivity index is -0.0000000405. The maximum absolute atomic E-state index is 9.41. The maximum Gasteiger partial charge on any atom is 0.0643 e. The second-order valence-electron chi connectivity index (χ2n) is 1.26. The molecule has 0 heterocycles. The van der Waals surface area contributed by atoms with Gasteiger partial charge < -0.3 is 43.4 Å². The first kappa shape index (κ1) is 29.4. The van der Waals surface area contributed by atoms with E-state index in [4.69, 9.17) is 5.11 Å². The zero-order chi connectivity index (χ0) is 9.28. The van der Waals surface area contributed by atoms with Crippen LogP contribution in [0.15, 0.2) is 12.2 Å². The van der Waals surface area contributed by atoms with Gasteiger partial charge in [0.05, 0.1) is 11.9 Å². The molecule has 0 aliphatic carbocycles. The summed E-state index contributed by atoms with van der Waals surface area (Å²) in [6, 6.07) is 0. The summed E-state index contributed by atoms with van der Waals surface area (Å²) in [6.45, 7) is 1.57. The van der Waals surface area contributed by atoms with Crippen LogP contribution < -0.4 is 33.8 Å². The quantitative estimate of drug-likeness (QED) is 0.424. The van der Waals surface area contributed by atoms with Crippen molar-refractivity contribution in [2.24, 2.45) is 0 Å². The fourth-order valence-corrected chi connectivity index (χ4v) is 0.136. The second-order valence-corrected chi connectivity index (χ2v) is 1.26. The van der Waals surface area contributed by atoms with Gasteiger partial charge in [-0.05, 0) is 12.2 Å². The van der Waals surface area contributed by atoms with Crippen LogP contribution in [0.5, 0.6) is 0 Å². The lowest BCUT2D eigenvalue weighted by Gasteiger charge is -1.90. The predicted molar refractivity (Wildman–Crippen MR) is 47.6 cm³/mol. The average molecular weight is 213 g/mol. The van der Waals surface area contributed by atoms with Gasteiger partial charge in [-0.3, -0.25) is 0 Å². The molecule has 0 aliphatic rings. The molecule has 0 radical (unpaired) electrons. The van der Waals surface area contributed by atoms with Crippen LogP contribution in [-0.4, -0.2) is 18.5 Å². The Hall–Kier alpha value is -1.48. The van der Waals surface area contributed by atoms with Gasteiger partial charge in [0.1, 0.15) is 0 Å². The lowest BCUT2D eigenvalue weighted by molar-refractivity contribution is -0.361. The maximum atomic E-state index is 9.41. The third-order valence-electron chi connectivity index (χ3n) is 0.355. The first-order valence-electron chi connectivity index (χ1n) is 2.72. The number of hydrogen-bond acceptors (Lipinski definition) is 5. The molecule has 12 N–H and O–H groups in total. The molecule has 0 saturated heterocycles. The molecule has 88 valence electrons. The van der Waals surface area contributed by atoms with Crippen molar-refractivity contribution < 1.29 is 24.9 Å². The minimum Gasteiger partial charge on any atom is -0.855 e. The highest BCUT2D eigenvalue weighted by atomic mass is 16.4. The number of carboxylic acids is 2. The summed E-state index contributed by atoms with van der Waals surface area (Å²) < 4.78 is 0. The molecule has 0 bridgehead atoms. The molecule has 0 aromatic heterocycles. The Kier molecular flexibility index (Phi) is 47.3. The molecule has 8 nitrogen and oxygen atoms in total. The van der Waals surface area contributed by atoms with Crippen LogP contribution in [0.25, 0.3) is 0 Å². The molecule has 8 heteroatoms. The van der Waals surface area contributed by atoms with Crippen molar-refractivity contribution in [3.05, 3.63) is 12.2 Å². The van der Waals surface area contributed by atoms with Crippen molar-refractivity contribution in [2.45, 2.75) is 6.92 Å². The van der Waals surface area contributed by atoms with Crippen LogP contribution in [-0.2, 0) is 9.59 Å². The molecule has 0 fully saturated rings. The lowest BCUT2D eigenvalue weighted by Crippen LogP contribution is -2.23. The van der Waals surface area contributed by atoms with E-state index in [1.165, 1.54) is 0 Å². The second kappa shape index (κ2) is 22.5. The molecule has 0 spiro atoms. The smallest absolute Gasteiger partial charge is 0.0643 e. The van der Waals surface area contributed by atoms with E-state index in [1.54, 1.807) is 6.92 Å². The molecular formula is C6H19N3O5. The molecule has 0 saturated carbocycles. The van der Waals surface area contributed by atoms with E-state index in [0.717, 1.165) is 0 Å². The molecule has 0 aliphatic heterocycles. The minimum absolute atomic E-state index is 0. The topological polar surface area (TPSA) is 213 Å². The molecule has 0 unspecified atom stereocenters. The van der Waals surface area contributed by atoms with E-state index in [1.807, 2.05) is 0 Å². The molecule has 0 rings (SSSR count). The van der Waals surface area contributed by atoms with Gasteiger partial charge >= 0.3 is 0 Å². The van der Waals surface area contributed by atoms with Crippen molar-refractivity contribution in [1.29, 1.82) is 0 Å². The Labute approximate surface area is 82.0 Å². The highest BCUT2D eigenvalue weighted by Gasteiger charge is 1.70. The zero-order valence-electron chi connectivity index (χ0n) is 8.90. The molecule has 0 aromatic rings. The highest BCUT2D eigenvalue weighted by Crippen LogP contribution is 1.64. The molecule has 0 aromatic carbocycles. The van der Waals surface area contributed by atoms with Gasteiger partial charge in [-0.15, -0.1) is 6.61 Å². The minimum atomic E-state index is -1.55. The Bertz CT molecular complexity index is 144. The van der Waals surface area contributed by atoms with Crippen molar-refractivity contribution in [2.75, 3.05) is 6.61 Å². The van der Waals surface area contributed by atoms with E-state index in [9.17, 15) is 19.8 Å². The number of quaternary nitrogens is 3. The molecular weight excluding hydrogens is 194 g/mol. The van der Waals surface area contributed by atoms with Gasteiger partial charge in [0.2, 0.25) is 0 Å². The number of carbonyl (C=O) groups excluding carboxylic acids is 2. The molecule has 14 heavy (non-hydrogen) atoms. The zero-order valence-corrected chi connectivity index (χ0v) is 8.90. The van der Waals surface area contributed by atoms with Gasteiger partial charge in [0.15, 0.2) is 0 Å². The monoisotopic (exact) mass is 213 g/mol. The number of aliphatic carboxylic acids is 2. The van der Waals surface area contributed by atoms with E-state index >= 15 is 0 Å². The van der Waals surface area contributed by atoms with Crippen molar-refractivity contribution in [3.8, 4) is 0 Å². The Morgan fingerprint density at radius 2 is 1.14 bits per heavy atom. The van der Waals surface area contributed by atoms with Crippen molar-refractivity contribution in [1.82, 2.24) is 18.5 Å². The van der Waals surface area contributed by atoms with Crippen molar-refractivity contribution >= 4 is 11.9 Å². The van der Waals surface area contributed by atoms with Crippen LogP contribution in [0.4, 0.5) is 0 Å². The Morgan fingerprint density at radius 3 is 1.21 bits per heavy atom. The first-order valence-corrected chi connectivity index (χ1v) is 2.72. The van der Waals surface area contributed by atoms with Gasteiger partial charge in [0.25, 0.3) is 0 Å². The summed E-state index contributed by atoms with van der Waals surface area (Å²) in [4.78, 5) is 18.8. The predicted octanol–water partition coefficient (Wildman–Crippen LogP) is -2.46. The van der Waals surface area contributed by atoms with Crippen LogP contribution >= 0.6 is 0 Å². The summed E-state index contributed by atoms with van der Waals surface area (Å²) >= 11 is 0. The van der Waals surface area contributed by atoms with E-state index in [-0.39, 0.29) is 25.1 Å². The van der Waals surface area contributed by atoms with Gasteiger partial charge in [0, 0.05) is 0 Å². The van der Waals surface area contributed by atoms with Crippen LogP contribution in [0.2, 0.25) is 0 Å². The molecule has 0 amide bonds. The number of hydrogen-bond donors (Lipinski definition) is 3. The number of rotatable bonds is 2. The lowest BCUT2D eigenvalue weighted by atomic mass is 10.5. The van der Waals surface area contributed by atoms with E-state index in [2.05, 4.69) is 0 Å². The highest BCUT2D eigenvalue weighted by molar-refractivity contribution is 5.87. The van der Waals surface area contributed by atoms with Gasteiger partial charge in [-0.25, -0.2) is 0 Å².